The molecule has 0 N–H and O–H groups in total. The van der Waals surface area contributed by atoms with E-state index in [1.807, 2.05) is 35.2 Å². The summed E-state index contributed by atoms with van der Waals surface area (Å²) in [5.74, 6) is 0.0770. The van der Waals surface area contributed by atoms with Crippen molar-refractivity contribution < 1.29 is 13.6 Å². The van der Waals surface area contributed by atoms with E-state index in [1.165, 1.54) is 12.1 Å². The normalized spacial score (nSPS) is 15.1. The fourth-order valence-corrected chi connectivity index (χ4v) is 3.09. The maximum atomic E-state index is 13.9. The summed E-state index contributed by atoms with van der Waals surface area (Å²) in [5, 5.41) is 0. The first-order chi connectivity index (χ1) is 12.7. The molecule has 3 aromatic rings. The van der Waals surface area contributed by atoms with E-state index in [0.29, 0.717) is 43.3 Å². The number of oxazole rings is 1. The number of anilines is 1. The van der Waals surface area contributed by atoms with Crippen molar-refractivity contribution in [3.8, 4) is 0 Å². The molecule has 1 aliphatic heterocycles. The van der Waals surface area contributed by atoms with E-state index in [4.69, 9.17) is 4.42 Å². The van der Waals surface area contributed by atoms with Gasteiger partial charge in [-0.15, -0.1) is 0 Å². The van der Waals surface area contributed by atoms with Crippen LogP contribution in [-0.4, -0.2) is 42.0 Å². The van der Waals surface area contributed by atoms with Crippen molar-refractivity contribution in [2.75, 3.05) is 31.1 Å². The predicted octanol–water partition coefficient (Wildman–Crippen LogP) is 3.33. The van der Waals surface area contributed by atoms with Crippen LogP contribution in [0.3, 0.4) is 0 Å². The first-order valence-corrected chi connectivity index (χ1v) is 8.53. The second-order valence-electron chi connectivity index (χ2n) is 6.12. The molecule has 1 fully saturated rings. The number of rotatable bonds is 3. The number of carbonyl (C=O) groups excluding carboxylic acids is 1. The fourth-order valence-electron chi connectivity index (χ4n) is 3.09. The van der Waals surface area contributed by atoms with Crippen molar-refractivity contribution in [3.63, 3.8) is 0 Å². The van der Waals surface area contributed by atoms with E-state index in [1.54, 1.807) is 23.1 Å². The number of para-hydroxylation sites is 3. The van der Waals surface area contributed by atoms with Crippen molar-refractivity contribution in [1.82, 2.24) is 9.88 Å². The molecule has 0 saturated carbocycles. The number of benzene rings is 2. The Bertz CT molecular complexity index is 925. The van der Waals surface area contributed by atoms with Gasteiger partial charge in [-0.2, -0.15) is 0 Å². The molecule has 1 aromatic heterocycles. The van der Waals surface area contributed by atoms with Gasteiger partial charge in [0.2, 0.25) is 11.8 Å². The zero-order valence-corrected chi connectivity index (χ0v) is 14.1. The molecule has 0 bridgehead atoms. The number of nitrogens with zero attached hydrogens (tertiary/aromatic N) is 3. The summed E-state index contributed by atoms with van der Waals surface area (Å²) in [6.07, 6.45) is 3.06. The van der Waals surface area contributed by atoms with Crippen LogP contribution in [0.15, 0.2) is 59.0 Å². The lowest BCUT2D eigenvalue weighted by Crippen LogP contribution is -2.48. The van der Waals surface area contributed by atoms with Crippen LogP contribution < -0.4 is 4.90 Å². The van der Waals surface area contributed by atoms with E-state index in [-0.39, 0.29) is 11.7 Å². The number of piperazine rings is 1. The summed E-state index contributed by atoms with van der Waals surface area (Å²) in [5.41, 5.74) is 2.04. The van der Waals surface area contributed by atoms with E-state index >= 15 is 0 Å². The lowest BCUT2D eigenvalue weighted by molar-refractivity contribution is -0.126. The molecule has 6 heteroatoms. The van der Waals surface area contributed by atoms with Crippen LogP contribution >= 0.6 is 0 Å². The molecule has 1 saturated heterocycles. The van der Waals surface area contributed by atoms with E-state index < -0.39 is 0 Å². The lowest BCUT2D eigenvalue weighted by atomic mass is 10.2. The number of amides is 1. The third-order valence-electron chi connectivity index (χ3n) is 4.46. The Morgan fingerprint density at radius 2 is 1.77 bits per heavy atom. The Morgan fingerprint density at radius 1 is 1.04 bits per heavy atom. The van der Waals surface area contributed by atoms with Crippen LogP contribution in [0.1, 0.15) is 5.89 Å². The molecular weight excluding hydrogens is 333 g/mol. The van der Waals surface area contributed by atoms with Crippen LogP contribution in [0.25, 0.3) is 17.2 Å². The molecule has 26 heavy (non-hydrogen) atoms. The highest BCUT2D eigenvalue weighted by Crippen LogP contribution is 2.20. The standard InChI is InChI=1S/C20H18FN3O2/c21-15-5-1-3-7-17(15)23-11-13-24(14-12-23)20(25)10-9-19-22-16-6-2-4-8-18(16)26-19/h1-10H,11-14H2/b10-9+. The topological polar surface area (TPSA) is 49.6 Å². The smallest absolute Gasteiger partial charge is 0.246 e. The molecule has 0 unspecified atom stereocenters. The molecule has 1 aliphatic rings. The maximum Gasteiger partial charge on any atom is 0.246 e. The Hall–Kier alpha value is -3.15. The van der Waals surface area contributed by atoms with Gasteiger partial charge in [0.1, 0.15) is 11.3 Å². The monoisotopic (exact) mass is 351 g/mol. The highest BCUT2D eigenvalue weighted by molar-refractivity contribution is 5.91. The summed E-state index contributed by atoms with van der Waals surface area (Å²) in [4.78, 5) is 20.4. The van der Waals surface area contributed by atoms with Crippen molar-refractivity contribution in [1.29, 1.82) is 0 Å². The Morgan fingerprint density at radius 3 is 2.54 bits per heavy atom. The summed E-state index contributed by atoms with van der Waals surface area (Å²) in [6.45, 7) is 2.29. The van der Waals surface area contributed by atoms with Gasteiger partial charge in [-0.1, -0.05) is 24.3 Å². The van der Waals surface area contributed by atoms with Crippen molar-refractivity contribution >= 4 is 28.8 Å². The maximum absolute atomic E-state index is 13.9. The number of hydrogen-bond donors (Lipinski definition) is 0. The van der Waals surface area contributed by atoms with Gasteiger partial charge in [0, 0.05) is 38.3 Å². The van der Waals surface area contributed by atoms with E-state index in [9.17, 15) is 9.18 Å². The van der Waals surface area contributed by atoms with Crippen molar-refractivity contribution in [2.24, 2.45) is 0 Å². The second-order valence-corrected chi connectivity index (χ2v) is 6.12. The summed E-state index contributed by atoms with van der Waals surface area (Å²) in [6, 6.07) is 14.2. The minimum Gasteiger partial charge on any atom is -0.437 e. The van der Waals surface area contributed by atoms with Gasteiger partial charge >= 0.3 is 0 Å². The number of aromatic nitrogens is 1. The molecule has 0 aliphatic carbocycles. The number of fused-ring (bicyclic) bond motifs is 1. The van der Waals surface area contributed by atoms with Gasteiger partial charge in [0.15, 0.2) is 5.58 Å². The first kappa shape index (κ1) is 16.3. The van der Waals surface area contributed by atoms with E-state index in [0.717, 1.165) is 5.52 Å². The Balaban J connectivity index is 1.38. The molecule has 5 nitrogen and oxygen atoms in total. The van der Waals surface area contributed by atoms with Gasteiger partial charge in [-0.05, 0) is 24.3 Å². The molecule has 132 valence electrons. The minimum absolute atomic E-state index is 0.0968. The largest absolute Gasteiger partial charge is 0.437 e. The second kappa shape index (κ2) is 7.00. The van der Waals surface area contributed by atoms with Gasteiger partial charge in [0.05, 0.1) is 5.69 Å². The van der Waals surface area contributed by atoms with Crippen LogP contribution in [-0.2, 0) is 4.79 Å². The summed E-state index contributed by atoms with van der Waals surface area (Å²) in [7, 11) is 0. The first-order valence-electron chi connectivity index (χ1n) is 8.53. The van der Waals surface area contributed by atoms with Crippen LogP contribution in [0.5, 0.6) is 0 Å². The predicted molar refractivity (Wildman–Crippen MR) is 98.2 cm³/mol. The van der Waals surface area contributed by atoms with Gasteiger partial charge in [0.25, 0.3) is 0 Å². The summed E-state index contributed by atoms with van der Waals surface area (Å²) < 4.78 is 19.5. The van der Waals surface area contributed by atoms with Gasteiger partial charge in [-0.3, -0.25) is 4.79 Å². The quantitative estimate of drug-likeness (QED) is 0.679. The van der Waals surface area contributed by atoms with Crippen LogP contribution in [0.2, 0.25) is 0 Å². The van der Waals surface area contributed by atoms with Crippen LogP contribution in [0, 0.1) is 5.82 Å². The minimum atomic E-state index is -0.233. The van der Waals surface area contributed by atoms with Crippen molar-refractivity contribution in [2.45, 2.75) is 0 Å². The lowest BCUT2D eigenvalue weighted by Gasteiger charge is -2.35. The SMILES string of the molecule is O=C(/C=C/c1nc2ccccc2o1)N1CCN(c2ccccc2F)CC1. The van der Waals surface area contributed by atoms with E-state index in [2.05, 4.69) is 4.98 Å². The molecule has 0 radical (unpaired) electrons. The number of hydrogen-bond acceptors (Lipinski definition) is 4. The zero-order valence-electron chi connectivity index (χ0n) is 14.1. The van der Waals surface area contributed by atoms with Gasteiger partial charge in [-0.25, -0.2) is 9.37 Å². The third kappa shape index (κ3) is 3.31. The molecule has 2 heterocycles. The molecule has 4 rings (SSSR count). The number of halogens is 1. The van der Waals surface area contributed by atoms with Gasteiger partial charge < -0.3 is 14.2 Å². The average molecular weight is 351 g/mol. The highest BCUT2D eigenvalue weighted by atomic mass is 19.1. The average Bonchev–Trinajstić information content (AvgIpc) is 3.10. The zero-order chi connectivity index (χ0) is 17.9. The molecule has 1 amide bonds. The third-order valence-corrected chi connectivity index (χ3v) is 4.46. The Labute approximate surface area is 150 Å². The van der Waals surface area contributed by atoms with Crippen LogP contribution in [0.4, 0.5) is 10.1 Å². The molecule has 2 aromatic carbocycles. The number of carbonyl (C=O) groups is 1. The highest BCUT2D eigenvalue weighted by Gasteiger charge is 2.21. The summed E-state index contributed by atoms with van der Waals surface area (Å²) >= 11 is 0. The molecular formula is C20H18FN3O2. The molecule has 0 atom stereocenters. The Kier molecular flexibility index (Phi) is 4.39. The molecule has 0 spiro atoms. The van der Waals surface area contributed by atoms with Crippen molar-refractivity contribution in [3.05, 3.63) is 66.3 Å². The fraction of sp³-hybridized carbons (Fsp3) is 0.200.